The van der Waals surface area contributed by atoms with Gasteiger partial charge in [0.1, 0.15) is 30.7 Å². The highest BCUT2D eigenvalue weighted by atomic mass is 16.4. The summed E-state index contributed by atoms with van der Waals surface area (Å²) in [6.07, 6.45) is 2.72. The fraction of sp³-hybridized carbons (Fsp3) is 0.571. The van der Waals surface area contributed by atoms with Gasteiger partial charge in [-0.3, -0.25) is 9.59 Å². The van der Waals surface area contributed by atoms with Crippen molar-refractivity contribution in [3.63, 3.8) is 0 Å². The first-order chi connectivity index (χ1) is 9.69. The van der Waals surface area contributed by atoms with Crippen LogP contribution < -0.4 is 0 Å². The number of piperazine rings is 1. The van der Waals surface area contributed by atoms with Crippen molar-refractivity contribution >= 4 is 11.8 Å². The summed E-state index contributed by atoms with van der Waals surface area (Å²) in [5, 5.41) is 8.97. The van der Waals surface area contributed by atoms with Gasteiger partial charge in [-0.1, -0.05) is 0 Å². The minimum atomic E-state index is -0.294. The molecule has 0 radical (unpaired) electrons. The molecule has 6 nitrogen and oxygen atoms in total. The Labute approximate surface area is 117 Å². The standard InChI is InChI=1S/C14H18N2O4/c17-9-11-5-4-10(20-11)7-15-8-13(18)16-6-2-1-3-12(16)14(15)19/h4-5,12,17H,1-3,6-9H2. The predicted octanol–water partition coefficient (Wildman–Crippen LogP) is 0.495. The van der Waals surface area contributed by atoms with Crippen molar-refractivity contribution in [3.8, 4) is 0 Å². The monoisotopic (exact) mass is 278 g/mol. The van der Waals surface area contributed by atoms with E-state index in [0.29, 0.717) is 18.1 Å². The average molecular weight is 278 g/mol. The van der Waals surface area contributed by atoms with Crippen LogP contribution >= 0.6 is 0 Å². The molecule has 2 aliphatic heterocycles. The van der Waals surface area contributed by atoms with Crippen LogP contribution in [0, 0.1) is 0 Å². The Bertz CT molecular complexity index is 525. The minimum absolute atomic E-state index is 0.00579. The molecule has 1 unspecified atom stereocenters. The second kappa shape index (κ2) is 5.28. The lowest BCUT2D eigenvalue weighted by Gasteiger charge is -2.42. The van der Waals surface area contributed by atoms with Gasteiger partial charge in [-0.15, -0.1) is 0 Å². The van der Waals surface area contributed by atoms with E-state index in [1.807, 2.05) is 0 Å². The molecule has 0 saturated carbocycles. The van der Waals surface area contributed by atoms with Crippen molar-refractivity contribution < 1.29 is 19.1 Å². The Hall–Kier alpha value is -1.82. The lowest BCUT2D eigenvalue weighted by Crippen LogP contribution is -2.60. The molecular formula is C14H18N2O4. The normalized spacial score (nSPS) is 23.1. The molecule has 2 fully saturated rings. The van der Waals surface area contributed by atoms with Crippen LogP contribution in [0.1, 0.15) is 30.8 Å². The van der Waals surface area contributed by atoms with Gasteiger partial charge in [0.25, 0.3) is 0 Å². The maximum Gasteiger partial charge on any atom is 0.246 e. The van der Waals surface area contributed by atoms with Gasteiger partial charge in [0, 0.05) is 6.54 Å². The van der Waals surface area contributed by atoms with Crippen molar-refractivity contribution in [3.05, 3.63) is 23.7 Å². The summed E-state index contributed by atoms with van der Waals surface area (Å²) < 4.78 is 5.39. The number of rotatable bonds is 3. The molecule has 0 aliphatic carbocycles. The lowest BCUT2D eigenvalue weighted by atomic mass is 9.98. The number of hydrogen-bond acceptors (Lipinski definition) is 4. The van der Waals surface area contributed by atoms with Crippen molar-refractivity contribution in [2.24, 2.45) is 0 Å². The molecular weight excluding hydrogens is 260 g/mol. The van der Waals surface area contributed by atoms with Gasteiger partial charge in [-0.05, 0) is 31.4 Å². The maximum absolute atomic E-state index is 12.4. The molecule has 0 bridgehead atoms. The van der Waals surface area contributed by atoms with E-state index in [1.54, 1.807) is 21.9 Å². The van der Waals surface area contributed by atoms with Crippen molar-refractivity contribution in [2.45, 2.75) is 38.5 Å². The number of nitrogens with zero attached hydrogens (tertiary/aromatic N) is 2. The van der Waals surface area contributed by atoms with Crippen LogP contribution in [-0.2, 0) is 22.7 Å². The fourth-order valence-electron chi connectivity index (χ4n) is 2.94. The SMILES string of the molecule is O=C1C2CCCCN2C(=O)CN1Cc1ccc(CO)o1. The average Bonchev–Trinajstić information content (AvgIpc) is 2.92. The largest absolute Gasteiger partial charge is 0.462 e. The van der Waals surface area contributed by atoms with Gasteiger partial charge in [-0.25, -0.2) is 0 Å². The molecule has 1 aromatic rings. The third kappa shape index (κ3) is 2.31. The Balaban J connectivity index is 1.73. The first-order valence-electron chi connectivity index (χ1n) is 6.96. The highest BCUT2D eigenvalue weighted by Crippen LogP contribution is 2.24. The number of piperidine rings is 1. The van der Waals surface area contributed by atoms with Crippen LogP contribution in [0.25, 0.3) is 0 Å². The molecule has 3 rings (SSSR count). The number of aliphatic hydroxyl groups excluding tert-OH is 1. The van der Waals surface area contributed by atoms with E-state index in [-0.39, 0.29) is 37.6 Å². The third-order valence-electron chi connectivity index (χ3n) is 3.97. The van der Waals surface area contributed by atoms with Crippen molar-refractivity contribution in [1.82, 2.24) is 9.80 Å². The molecule has 1 N–H and O–H groups in total. The quantitative estimate of drug-likeness (QED) is 0.873. The van der Waals surface area contributed by atoms with E-state index in [4.69, 9.17) is 9.52 Å². The molecule has 2 saturated heterocycles. The molecule has 6 heteroatoms. The summed E-state index contributed by atoms with van der Waals surface area (Å²) >= 11 is 0. The molecule has 0 aromatic carbocycles. The number of carbonyl (C=O) groups is 2. The zero-order valence-electron chi connectivity index (χ0n) is 11.2. The van der Waals surface area contributed by atoms with Gasteiger partial charge >= 0.3 is 0 Å². The molecule has 20 heavy (non-hydrogen) atoms. The zero-order valence-corrected chi connectivity index (χ0v) is 11.2. The molecule has 2 aliphatic rings. The van der Waals surface area contributed by atoms with E-state index in [1.165, 1.54) is 0 Å². The molecule has 3 heterocycles. The van der Waals surface area contributed by atoms with Gasteiger partial charge in [0.05, 0.1) is 6.54 Å². The number of hydrogen-bond donors (Lipinski definition) is 1. The predicted molar refractivity (Wildman–Crippen MR) is 69.4 cm³/mol. The van der Waals surface area contributed by atoms with Gasteiger partial charge in [0.15, 0.2) is 0 Å². The number of amides is 2. The summed E-state index contributed by atoms with van der Waals surface area (Å²) in [5.74, 6) is 1.09. The molecule has 1 atom stereocenters. The van der Waals surface area contributed by atoms with Crippen LogP contribution in [0.5, 0.6) is 0 Å². The first-order valence-corrected chi connectivity index (χ1v) is 6.96. The van der Waals surface area contributed by atoms with E-state index in [9.17, 15) is 9.59 Å². The highest BCUT2D eigenvalue weighted by Gasteiger charge is 2.40. The summed E-state index contributed by atoms with van der Waals surface area (Å²) in [6.45, 7) is 0.932. The summed E-state index contributed by atoms with van der Waals surface area (Å²) in [5.41, 5.74) is 0. The van der Waals surface area contributed by atoms with Crippen LogP contribution in [0.15, 0.2) is 16.5 Å². The molecule has 108 valence electrons. The first kappa shape index (κ1) is 13.2. The summed E-state index contributed by atoms with van der Waals surface area (Å²) in [6, 6.07) is 3.12. The fourth-order valence-corrected chi connectivity index (χ4v) is 2.94. The third-order valence-corrected chi connectivity index (χ3v) is 3.97. The van der Waals surface area contributed by atoms with Crippen LogP contribution in [0.3, 0.4) is 0 Å². The van der Waals surface area contributed by atoms with E-state index in [0.717, 1.165) is 19.3 Å². The van der Waals surface area contributed by atoms with Gasteiger partial charge in [-0.2, -0.15) is 0 Å². The number of furan rings is 1. The van der Waals surface area contributed by atoms with E-state index in [2.05, 4.69) is 0 Å². The van der Waals surface area contributed by atoms with Crippen molar-refractivity contribution in [1.29, 1.82) is 0 Å². The van der Waals surface area contributed by atoms with Gasteiger partial charge in [0.2, 0.25) is 11.8 Å². The maximum atomic E-state index is 12.4. The van der Waals surface area contributed by atoms with E-state index >= 15 is 0 Å². The number of aliphatic hydroxyl groups is 1. The van der Waals surface area contributed by atoms with Gasteiger partial charge < -0.3 is 19.3 Å². The number of carbonyl (C=O) groups excluding carboxylic acids is 2. The second-order valence-corrected chi connectivity index (χ2v) is 5.32. The van der Waals surface area contributed by atoms with Crippen molar-refractivity contribution in [2.75, 3.05) is 13.1 Å². The second-order valence-electron chi connectivity index (χ2n) is 5.32. The van der Waals surface area contributed by atoms with Crippen LogP contribution in [-0.4, -0.2) is 45.9 Å². The zero-order chi connectivity index (χ0) is 14.1. The Morgan fingerprint density at radius 2 is 2.05 bits per heavy atom. The topological polar surface area (TPSA) is 74.0 Å². The number of fused-ring (bicyclic) bond motifs is 1. The molecule has 2 amide bonds. The molecule has 0 spiro atoms. The Morgan fingerprint density at radius 1 is 1.25 bits per heavy atom. The molecule has 1 aromatic heterocycles. The van der Waals surface area contributed by atoms with E-state index < -0.39 is 0 Å². The Kier molecular flexibility index (Phi) is 3.48. The minimum Gasteiger partial charge on any atom is -0.462 e. The Morgan fingerprint density at radius 3 is 2.80 bits per heavy atom. The smallest absolute Gasteiger partial charge is 0.246 e. The van der Waals surface area contributed by atoms with Crippen LogP contribution in [0.2, 0.25) is 0 Å². The summed E-state index contributed by atoms with van der Waals surface area (Å²) in [7, 11) is 0. The van der Waals surface area contributed by atoms with Crippen LogP contribution in [0.4, 0.5) is 0 Å². The highest BCUT2D eigenvalue weighted by molar-refractivity contribution is 5.95. The lowest BCUT2D eigenvalue weighted by molar-refractivity contribution is -0.158. The summed E-state index contributed by atoms with van der Waals surface area (Å²) in [4.78, 5) is 27.8.